The number of hydrogen-bond acceptors (Lipinski definition) is 3. The highest BCUT2D eigenvalue weighted by atomic mass is 79.9. The molecule has 0 bridgehead atoms. The summed E-state index contributed by atoms with van der Waals surface area (Å²) in [4.78, 5) is 2.19. The number of hydrogen-bond donors (Lipinski definition) is 1. The third-order valence-corrected chi connectivity index (χ3v) is 5.03. The van der Waals surface area contributed by atoms with Crippen LogP contribution in [0.3, 0.4) is 0 Å². The fraction of sp³-hybridized carbons (Fsp3) is 0.368. The van der Waals surface area contributed by atoms with E-state index in [0.29, 0.717) is 11.3 Å². The summed E-state index contributed by atoms with van der Waals surface area (Å²) in [6.45, 7) is 3.09. The second-order valence-electron chi connectivity index (χ2n) is 6.20. The van der Waals surface area contributed by atoms with E-state index in [2.05, 4.69) is 26.1 Å². The van der Waals surface area contributed by atoms with Crippen LogP contribution in [0.2, 0.25) is 0 Å². The Morgan fingerprint density at radius 2 is 1.85 bits per heavy atom. The van der Waals surface area contributed by atoms with Crippen molar-refractivity contribution >= 4 is 15.9 Å². The van der Waals surface area contributed by atoms with Gasteiger partial charge >= 0.3 is 6.18 Å². The Balaban J connectivity index is 2.12. The van der Waals surface area contributed by atoms with Crippen molar-refractivity contribution in [2.75, 3.05) is 33.3 Å². The van der Waals surface area contributed by atoms with E-state index in [0.717, 1.165) is 42.3 Å². The molecule has 1 atom stereocenters. The van der Waals surface area contributed by atoms with E-state index in [4.69, 9.17) is 4.74 Å². The minimum atomic E-state index is -4.37. The number of ether oxygens (including phenoxy) is 1. The Kier molecular flexibility index (Phi) is 5.89. The summed E-state index contributed by atoms with van der Waals surface area (Å²) in [5.74, 6) is 0.661. The predicted molar refractivity (Wildman–Crippen MR) is 98.4 cm³/mol. The Bertz CT molecular complexity index is 761. The predicted octanol–water partition coefficient (Wildman–Crippen LogP) is 4.47. The molecule has 2 aromatic carbocycles. The van der Waals surface area contributed by atoms with Crippen LogP contribution in [0.1, 0.15) is 22.7 Å². The summed E-state index contributed by atoms with van der Waals surface area (Å²) >= 11 is 3.47. The summed E-state index contributed by atoms with van der Waals surface area (Å²) < 4.78 is 46.1. The highest BCUT2D eigenvalue weighted by Gasteiger charge is 2.33. The standard InChI is InChI=1S/C19H20BrF3N2O/c1-26-17-6-5-15(20)12-16(17)18(25-9-7-24-8-10-25)13-3-2-4-14(11-13)19(21,22)23/h2-6,11-12,18,24H,7-10H2,1H3. The lowest BCUT2D eigenvalue weighted by atomic mass is 9.94. The minimum Gasteiger partial charge on any atom is -0.496 e. The van der Waals surface area contributed by atoms with Gasteiger partial charge < -0.3 is 10.1 Å². The van der Waals surface area contributed by atoms with E-state index < -0.39 is 11.7 Å². The number of halogens is 4. The third-order valence-electron chi connectivity index (χ3n) is 4.53. The lowest BCUT2D eigenvalue weighted by molar-refractivity contribution is -0.137. The molecule has 1 N–H and O–H groups in total. The van der Waals surface area contributed by atoms with Gasteiger partial charge in [0.25, 0.3) is 0 Å². The lowest BCUT2D eigenvalue weighted by Gasteiger charge is -2.36. The normalized spacial score (nSPS) is 17.1. The van der Waals surface area contributed by atoms with Crippen molar-refractivity contribution in [3.63, 3.8) is 0 Å². The van der Waals surface area contributed by atoms with Crippen LogP contribution in [0.4, 0.5) is 13.2 Å². The van der Waals surface area contributed by atoms with E-state index in [-0.39, 0.29) is 6.04 Å². The summed E-state index contributed by atoms with van der Waals surface area (Å²) in [6.07, 6.45) is -4.37. The SMILES string of the molecule is COc1ccc(Br)cc1C(c1cccc(C(F)(F)F)c1)N1CCNCC1. The van der Waals surface area contributed by atoms with E-state index in [1.54, 1.807) is 13.2 Å². The molecule has 1 fully saturated rings. The molecule has 0 radical (unpaired) electrons. The van der Waals surface area contributed by atoms with Gasteiger partial charge in [0, 0.05) is 36.2 Å². The van der Waals surface area contributed by atoms with Gasteiger partial charge in [-0.1, -0.05) is 28.1 Å². The number of rotatable bonds is 4. The van der Waals surface area contributed by atoms with Crippen LogP contribution in [0.15, 0.2) is 46.9 Å². The Hall–Kier alpha value is -1.57. The quantitative estimate of drug-likeness (QED) is 0.777. The molecule has 0 amide bonds. The van der Waals surface area contributed by atoms with Crippen molar-refractivity contribution in [3.05, 3.63) is 63.6 Å². The number of alkyl halides is 3. The molecule has 1 saturated heterocycles. The summed E-state index contributed by atoms with van der Waals surface area (Å²) in [5.41, 5.74) is 0.824. The van der Waals surface area contributed by atoms with Crippen molar-refractivity contribution in [2.24, 2.45) is 0 Å². The molecule has 0 aromatic heterocycles. The van der Waals surface area contributed by atoms with Crippen molar-refractivity contribution in [1.82, 2.24) is 10.2 Å². The molecule has 1 aliphatic rings. The molecule has 140 valence electrons. The first-order valence-corrected chi connectivity index (χ1v) is 9.15. The van der Waals surface area contributed by atoms with Crippen LogP contribution in [0.5, 0.6) is 5.75 Å². The molecule has 3 nitrogen and oxygen atoms in total. The fourth-order valence-electron chi connectivity index (χ4n) is 3.33. The van der Waals surface area contributed by atoms with E-state index in [9.17, 15) is 13.2 Å². The van der Waals surface area contributed by atoms with Crippen LogP contribution >= 0.6 is 15.9 Å². The topological polar surface area (TPSA) is 24.5 Å². The number of nitrogens with zero attached hydrogens (tertiary/aromatic N) is 1. The van der Waals surface area contributed by atoms with Crippen LogP contribution < -0.4 is 10.1 Å². The zero-order valence-electron chi connectivity index (χ0n) is 14.3. The summed E-state index contributed by atoms with van der Waals surface area (Å²) in [7, 11) is 1.58. The highest BCUT2D eigenvalue weighted by Crippen LogP contribution is 2.38. The third kappa shape index (κ3) is 4.22. The van der Waals surface area contributed by atoms with Crippen LogP contribution in [-0.2, 0) is 6.18 Å². The molecule has 0 aliphatic carbocycles. The molecule has 3 rings (SSSR count). The Morgan fingerprint density at radius 3 is 2.50 bits per heavy atom. The zero-order chi connectivity index (χ0) is 18.7. The smallest absolute Gasteiger partial charge is 0.416 e. The second kappa shape index (κ2) is 7.98. The van der Waals surface area contributed by atoms with Crippen molar-refractivity contribution in [3.8, 4) is 5.75 Å². The average Bonchev–Trinajstić information content (AvgIpc) is 2.63. The van der Waals surface area contributed by atoms with E-state index in [1.165, 1.54) is 12.1 Å². The molecule has 1 aliphatic heterocycles. The molecule has 7 heteroatoms. The Morgan fingerprint density at radius 1 is 1.12 bits per heavy atom. The van der Waals surface area contributed by atoms with E-state index in [1.807, 2.05) is 18.2 Å². The first-order chi connectivity index (χ1) is 12.4. The summed E-state index contributed by atoms with van der Waals surface area (Å²) in [6, 6.07) is 10.9. The maximum Gasteiger partial charge on any atom is 0.416 e. The molecule has 0 saturated carbocycles. The van der Waals surface area contributed by atoms with Crippen LogP contribution in [0, 0.1) is 0 Å². The minimum absolute atomic E-state index is 0.313. The first-order valence-electron chi connectivity index (χ1n) is 8.35. The van der Waals surface area contributed by atoms with Gasteiger partial charge in [-0.3, -0.25) is 4.90 Å². The maximum absolute atomic E-state index is 13.2. The number of methoxy groups -OCH3 is 1. The van der Waals surface area contributed by atoms with Crippen LogP contribution in [-0.4, -0.2) is 38.2 Å². The van der Waals surface area contributed by atoms with Gasteiger partial charge in [-0.05, 0) is 35.9 Å². The fourth-order valence-corrected chi connectivity index (χ4v) is 3.71. The van der Waals surface area contributed by atoms with Crippen molar-refractivity contribution in [1.29, 1.82) is 0 Å². The number of nitrogens with one attached hydrogen (secondary N) is 1. The molecule has 2 aromatic rings. The number of benzene rings is 2. The average molecular weight is 429 g/mol. The number of piperazine rings is 1. The van der Waals surface area contributed by atoms with Gasteiger partial charge in [0.15, 0.2) is 0 Å². The van der Waals surface area contributed by atoms with E-state index >= 15 is 0 Å². The zero-order valence-corrected chi connectivity index (χ0v) is 15.9. The van der Waals surface area contributed by atoms with Gasteiger partial charge in [0.05, 0.1) is 18.7 Å². The van der Waals surface area contributed by atoms with Gasteiger partial charge in [0.1, 0.15) is 5.75 Å². The van der Waals surface area contributed by atoms with Crippen molar-refractivity contribution < 1.29 is 17.9 Å². The molecule has 0 spiro atoms. The summed E-state index contributed by atoms with van der Waals surface area (Å²) in [5, 5.41) is 3.29. The largest absolute Gasteiger partial charge is 0.496 e. The van der Waals surface area contributed by atoms with Gasteiger partial charge in [-0.2, -0.15) is 13.2 Å². The molecular weight excluding hydrogens is 409 g/mol. The molecule has 26 heavy (non-hydrogen) atoms. The monoisotopic (exact) mass is 428 g/mol. The lowest BCUT2D eigenvalue weighted by Crippen LogP contribution is -2.45. The van der Waals surface area contributed by atoms with Gasteiger partial charge in [-0.15, -0.1) is 0 Å². The van der Waals surface area contributed by atoms with Crippen molar-refractivity contribution in [2.45, 2.75) is 12.2 Å². The first kappa shape index (κ1) is 19.2. The highest BCUT2D eigenvalue weighted by molar-refractivity contribution is 9.10. The van der Waals surface area contributed by atoms with Gasteiger partial charge in [-0.25, -0.2) is 0 Å². The molecule has 1 unspecified atom stereocenters. The molecular formula is C19H20BrF3N2O. The van der Waals surface area contributed by atoms with Crippen LogP contribution in [0.25, 0.3) is 0 Å². The Labute approximate surface area is 159 Å². The van der Waals surface area contributed by atoms with Gasteiger partial charge in [0.2, 0.25) is 0 Å². The maximum atomic E-state index is 13.2. The molecule has 1 heterocycles. The second-order valence-corrected chi connectivity index (χ2v) is 7.11.